The number of carbonyl (C=O) groups excluding carboxylic acids is 2. The Hall–Kier alpha value is -1.88. The van der Waals surface area contributed by atoms with Crippen molar-refractivity contribution >= 4 is 17.6 Å². The molecule has 1 rings (SSSR count). The summed E-state index contributed by atoms with van der Waals surface area (Å²) in [5, 5.41) is 0. The summed E-state index contributed by atoms with van der Waals surface area (Å²) < 4.78 is 30.4. The van der Waals surface area contributed by atoms with E-state index in [2.05, 4.69) is 4.74 Å². The van der Waals surface area contributed by atoms with E-state index in [9.17, 15) is 9.59 Å². The number of aryl methyl sites for hydroxylation is 2. The average Bonchev–Trinajstić information content (AvgIpc) is 2.40. The van der Waals surface area contributed by atoms with E-state index in [0.717, 1.165) is 11.1 Å². The number of rotatable bonds is 5. The molecule has 0 aromatic heterocycles. The Morgan fingerprint density at radius 3 is 2.45 bits per heavy atom. The lowest BCUT2D eigenvalue weighted by Gasteiger charge is -2.30. The molecule has 0 aliphatic carbocycles. The van der Waals surface area contributed by atoms with Gasteiger partial charge in [0, 0.05) is 7.11 Å². The van der Waals surface area contributed by atoms with Crippen LogP contribution in [0.4, 0.5) is 5.69 Å². The number of methoxy groups -OCH3 is 2. The molecule has 0 radical (unpaired) electrons. The summed E-state index contributed by atoms with van der Waals surface area (Å²) in [6.45, 7) is 4.79. The van der Waals surface area contributed by atoms with Crippen LogP contribution in [0.3, 0.4) is 0 Å². The maximum atomic E-state index is 12.4. The van der Waals surface area contributed by atoms with Crippen molar-refractivity contribution in [1.29, 1.82) is 0 Å². The molecule has 0 unspecified atom stereocenters. The Labute approximate surface area is 123 Å². The quantitative estimate of drug-likeness (QED) is 0.773. The second kappa shape index (κ2) is 7.05. The van der Waals surface area contributed by atoms with Crippen LogP contribution in [-0.4, -0.2) is 38.7 Å². The summed E-state index contributed by atoms with van der Waals surface area (Å²) in [4.78, 5) is 25.7. The minimum Gasteiger partial charge on any atom is -0.467 e. The second-order valence-electron chi connectivity index (χ2n) is 4.53. The topological polar surface area (TPSA) is 55.8 Å². The molecule has 0 saturated carbocycles. The maximum Gasteiger partial charge on any atom is 0.328 e. The zero-order valence-electron chi connectivity index (χ0n) is 15.1. The predicted molar refractivity (Wildman–Crippen MR) is 76.8 cm³/mol. The number of para-hydroxylation sites is 1. The smallest absolute Gasteiger partial charge is 0.328 e. The van der Waals surface area contributed by atoms with Crippen molar-refractivity contribution in [2.45, 2.75) is 26.8 Å². The molecule has 0 spiro atoms. The molecule has 0 fully saturated rings. The number of hydrogen-bond acceptors (Lipinski definition) is 4. The number of nitrogens with zero attached hydrogens (tertiary/aromatic N) is 1. The Morgan fingerprint density at radius 2 is 1.95 bits per heavy atom. The first kappa shape index (κ1) is 11.9. The van der Waals surface area contributed by atoms with Gasteiger partial charge < -0.3 is 9.47 Å². The molecule has 20 heavy (non-hydrogen) atoms. The van der Waals surface area contributed by atoms with Crippen molar-refractivity contribution in [2.24, 2.45) is 0 Å². The van der Waals surface area contributed by atoms with Gasteiger partial charge in [0.05, 0.1) is 16.8 Å². The molecule has 0 saturated heterocycles. The Bertz CT molecular complexity index is 566. The molecule has 0 bridgehead atoms. The highest BCUT2D eigenvalue weighted by molar-refractivity contribution is 6.01. The Kier molecular flexibility index (Phi) is 4.20. The highest BCUT2D eigenvalue weighted by atomic mass is 16.5. The van der Waals surface area contributed by atoms with Gasteiger partial charge in [-0.3, -0.25) is 9.69 Å². The number of amides is 1. The van der Waals surface area contributed by atoms with E-state index < -0.39 is 25.0 Å². The van der Waals surface area contributed by atoms with E-state index >= 15 is 0 Å². The average molecular weight is 282 g/mol. The molecular formula is C15H21NO4. The minimum absolute atomic E-state index is 0.237. The third kappa shape index (κ3) is 3.36. The fourth-order valence-corrected chi connectivity index (χ4v) is 2.10. The van der Waals surface area contributed by atoms with Gasteiger partial charge in [0.1, 0.15) is 12.6 Å². The van der Waals surface area contributed by atoms with Crippen LogP contribution in [0.15, 0.2) is 18.2 Å². The van der Waals surface area contributed by atoms with Crippen LogP contribution in [-0.2, 0) is 19.1 Å². The molecule has 1 amide bonds. The summed E-state index contributed by atoms with van der Waals surface area (Å²) in [6, 6.07) is 4.34. The van der Waals surface area contributed by atoms with E-state index in [1.807, 2.05) is 6.07 Å². The van der Waals surface area contributed by atoms with Crippen LogP contribution >= 0.6 is 0 Å². The Balaban J connectivity index is 3.26. The maximum absolute atomic E-state index is 12.4. The van der Waals surface area contributed by atoms with Crippen molar-refractivity contribution in [2.75, 3.05) is 25.7 Å². The van der Waals surface area contributed by atoms with E-state index in [4.69, 9.17) is 8.85 Å². The molecule has 1 aromatic carbocycles. The van der Waals surface area contributed by atoms with Crippen LogP contribution in [0.25, 0.3) is 0 Å². The summed E-state index contributed by atoms with van der Waals surface area (Å²) in [5.41, 5.74) is 2.11. The van der Waals surface area contributed by atoms with Crippen molar-refractivity contribution in [3.8, 4) is 0 Å². The molecule has 0 aliphatic rings. The zero-order chi connectivity index (χ0) is 17.8. The molecule has 0 aliphatic heterocycles. The molecule has 1 aromatic rings. The van der Waals surface area contributed by atoms with Gasteiger partial charge in [0.15, 0.2) is 0 Å². The van der Waals surface area contributed by atoms with Gasteiger partial charge in [-0.2, -0.15) is 0 Å². The normalized spacial score (nSPS) is 14.7. The number of carbonyl (C=O) groups is 2. The van der Waals surface area contributed by atoms with E-state index in [1.54, 1.807) is 26.0 Å². The lowest BCUT2D eigenvalue weighted by atomic mass is 10.1. The lowest BCUT2D eigenvalue weighted by molar-refractivity contribution is -0.143. The largest absolute Gasteiger partial charge is 0.467 e. The van der Waals surface area contributed by atoms with Crippen molar-refractivity contribution in [1.82, 2.24) is 0 Å². The molecule has 5 heteroatoms. The summed E-state index contributed by atoms with van der Waals surface area (Å²) in [6.07, 6.45) is 0. The third-order valence-electron chi connectivity index (χ3n) is 3.05. The second-order valence-corrected chi connectivity index (χ2v) is 4.53. The molecule has 110 valence electrons. The zero-order valence-corrected chi connectivity index (χ0v) is 12.1. The van der Waals surface area contributed by atoms with Crippen LogP contribution in [0.2, 0.25) is 0 Å². The van der Waals surface area contributed by atoms with Gasteiger partial charge in [-0.05, 0) is 31.9 Å². The first-order valence-corrected chi connectivity index (χ1v) is 6.18. The summed E-state index contributed by atoms with van der Waals surface area (Å²) >= 11 is 0. The van der Waals surface area contributed by atoms with Crippen LogP contribution in [0, 0.1) is 13.8 Å². The highest BCUT2D eigenvalue weighted by Crippen LogP contribution is 2.27. The standard InChI is InChI=1S/C15H21NO4/c1-10-7-6-8-11(2)14(10)16(13(17)9-19-4)12(3)15(18)20-5/h6-8,12H,9H2,1-5H3/t12-/m1/s1/i5D3. The molecule has 0 N–H and O–H groups in total. The fourth-order valence-electron chi connectivity index (χ4n) is 2.10. The highest BCUT2D eigenvalue weighted by Gasteiger charge is 2.29. The molecule has 1 atom stereocenters. The van der Waals surface area contributed by atoms with Gasteiger partial charge in [0.25, 0.3) is 5.91 Å². The van der Waals surface area contributed by atoms with Crippen LogP contribution in [0.5, 0.6) is 0 Å². The van der Waals surface area contributed by atoms with Crippen molar-refractivity contribution in [3.05, 3.63) is 29.3 Å². The van der Waals surface area contributed by atoms with Gasteiger partial charge in [-0.15, -0.1) is 0 Å². The monoisotopic (exact) mass is 282 g/mol. The summed E-state index contributed by atoms with van der Waals surface area (Å²) in [7, 11) is -1.49. The molecular weight excluding hydrogens is 258 g/mol. The minimum atomic E-state index is -2.86. The van der Waals surface area contributed by atoms with Gasteiger partial charge >= 0.3 is 5.97 Å². The lowest BCUT2D eigenvalue weighted by Crippen LogP contribution is -2.46. The van der Waals surface area contributed by atoms with Gasteiger partial charge in [-0.1, -0.05) is 18.2 Å². The SMILES string of the molecule is [2H]C([2H])([2H])OC(=O)[C@@H](C)N(C(=O)COC)c1c(C)cccc1C. The first-order valence-electron chi connectivity index (χ1n) is 7.68. The van der Waals surface area contributed by atoms with E-state index in [0.29, 0.717) is 5.69 Å². The van der Waals surface area contributed by atoms with Crippen molar-refractivity contribution < 1.29 is 23.2 Å². The summed E-state index contributed by atoms with van der Waals surface area (Å²) in [5.74, 6) is -1.46. The van der Waals surface area contributed by atoms with Crippen LogP contribution < -0.4 is 4.90 Å². The number of esters is 1. The number of benzene rings is 1. The predicted octanol–water partition coefficient (Wildman–Crippen LogP) is 1.84. The van der Waals surface area contributed by atoms with Crippen LogP contribution in [0.1, 0.15) is 22.2 Å². The molecule has 5 nitrogen and oxygen atoms in total. The fraction of sp³-hybridized carbons (Fsp3) is 0.467. The number of hydrogen-bond donors (Lipinski definition) is 0. The molecule has 0 heterocycles. The number of anilines is 1. The Morgan fingerprint density at radius 1 is 1.35 bits per heavy atom. The first-order chi connectivity index (χ1) is 10.6. The van der Waals surface area contributed by atoms with Gasteiger partial charge in [-0.25, -0.2) is 4.79 Å². The third-order valence-corrected chi connectivity index (χ3v) is 3.05. The van der Waals surface area contributed by atoms with Crippen molar-refractivity contribution in [3.63, 3.8) is 0 Å². The number of ether oxygens (including phenoxy) is 2. The van der Waals surface area contributed by atoms with Gasteiger partial charge in [0.2, 0.25) is 0 Å². The van der Waals surface area contributed by atoms with E-state index in [-0.39, 0.29) is 6.61 Å². The van der Waals surface area contributed by atoms with E-state index in [1.165, 1.54) is 18.9 Å².